The number of hydrogen-bond acceptors (Lipinski definition) is 3. The van der Waals surface area contributed by atoms with Crippen LogP contribution < -0.4 is 5.32 Å². The van der Waals surface area contributed by atoms with Crippen molar-refractivity contribution in [1.82, 2.24) is 5.32 Å². The molecule has 0 heterocycles. The quantitative estimate of drug-likeness (QED) is 0.765. The molecule has 2 saturated carbocycles. The normalized spacial score (nSPS) is 36.3. The van der Waals surface area contributed by atoms with Crippen molar-refractivity contribution in [2.45, 2.75) is 71.1 Å². The molecule has 2 aliphatic rings. The van der Waals surface area contributed by atoms with E-state index >= 15 is 0 Å². The van der Waals surface area contributed by atoms with Gasteiger partial charge in [-0.3, -0.25) is 0 Å². The molecule has 2 N–H and O–H groups in total. The van der Waals surface area contributed by atoms with Crippen LogP contribution in [0.4, 0.5) is 0 Å². The minimum absolute atomic E-state index is 0.365. The van der Waals surface area contributed by atoms with Crippen molar-refractivity contribution in [1.29, 1.82) is 0 Å². The lowest BCUT2D eigenvalue weighted by atomic mass is 9.88. The maximum atomic E-state index is 9.93. The molecule has 4 unspecified atom stereocenters. The van der Waals surface area contributed by atoms with Crippen LogP contribution in [0.25, 0.3) is 0 Å². The van der Waals surface area contributed by atoms with E-state index in [9.17, 15) is 5.11 Å². The second-order valence-corrected chi connectivity index (χ2v) is 6.94. The number of aliphatic hydroxyl groups is 1. The number of rotatable bonds is 6. The van der Waals surface area contributed by atoms with E-state index in [4.69, 9.17) is 4.74 Å². The summed E-state index contributed by atoms with van der Waals surface area (Å²) < 4.78 is 5.87. The minimum atomic E-state index is -0.365. The third-order valence-electron chi connectivity index (χ3n) is 4.65. The predicted octanol–water partition coefficient (Wildman–Crippen LogP) is 2.33. The molecule has 2 rings (SSSR count). The molecule has 0 spiro atoms. The average Bonchev–Trinajstić information content (AvgIpc) is 2.93. The maximum absolute atomic E-state index is 9.93. The first-order valence-electron chi connectivity index (χ1n) is 7.52. The molecule has 106 valence electrons. The predicted molar refractivity (Wildman–Crippen MR) is 73.6 cm³/mol. The molecule has 2 fully saturated rings. The Morgan fingerprint density at radius 3 is 2.61 bits per heavy atom. The zero-order valence-electron chi connectivity index (χ0n) is 12.1. The van der Waals surface area contributed by atoms with Gasteiger partial charge in [0.05, 0.1) is 18.8 Å². The monoisotopic (exact) mass is 255 g/mol. The molecular weight excluding hydrogens is 226 g/mol. The van der Waals surface area contributed by atoms with Gasteiger partial charge in [-0.15, -0.1) is 0 Å². The fourth-order valence-corrected chi connectivity index (χ4v) is 2.92. The highest BCUT2D eigenvalue weighted by Gasteiger charge is 2.45. The van der Waals surface area contributed by atoms with Gasteiger partial charge in [0.15, 0.2) is 0 Å². The van der Waals surface area contributed by atoms with Crippen LogP contribution >= 0.6 is 0 Å². The zero-order chi connectivity index (χ0) is 13.2. The van der Waals surface area contributed by atoms with Gasteiger partial charge in [0.2, 0.25) is 0 Å². The second kappa shape index (κ2) is 5.89. The summed E-state index contributed by atoms with van der Waals surface area (Å²) in [6, 6.07) is 0.584. The SMILES string of the molecule is CC1CCCCC1OCC(O)CNC1CC1(C)C. The Labute approximate surface area is 111 Å². The summed E-state index contributed by atoms with van der Waals surface area (Å²) >= 11 is 0. The molecule has 0 radical (unpaired) electrons. The lowest BCUT2D eigenvalue weighted by molar-refractivity contribution is -0.0453. The molecule has 0 aromatic heterocycles. The van der Waals surface area contributed by atoms with E-state index in [0.717, 1.165) is 6.42 Å². The molecule has 0 aliphatic heterocycles. The molecule has 3 heteroatoms. The van der Waals surface area contributed by atoms with E-state index in [0.29, 0.717) is 36.6 Å². The molecule has 2 aliphatic carbocycles. The van der Waals surface area contributed by atoms with Crippen LogP contribution in [0.1, 0.15) is 52.9 Å². The fourth-order valence-electron chi connectivity index (χ4n) is 2.92. The largest absolute Gasteiger partial charge is 0.389 e. The standard InChI is InChI=1S/C15H29NO2/c1-11-6-4-5-7-13(11)18-10-12(17)9-16-14-8-15(14,2)3/h11-14,16-17H,4-10H2,1-3H3. The molecule has 0 saturated heterocycles. The Bertz CT molecular complexity index is 267. The Balaban J connectivity index is 1.58. The second-order valence-electron chi connectivity index (χ2n) is 6.94. The van der Waals surface area contributed by atoms with Crippen molar-refractivity contribution in [3.63, 3.8) is 0 Å². The van der Waals surface area contributed by atoms with Crippen molar-refractivity contribution >= 4 is 0 Å². The topological polar surface area (TPSA) is 41.5 Å². The van der Waals surface area contributed by atoms with Gasteiger partial charge in [-0.1, -0.05) is 33.6 Å². The van der Waals surface area contributed by atoms with E-state index < -0.39 is 0 Å². The molecule has 3 nitrogen and oxygen atoms in total. The third-order valence-corrected chi connectivity index (χ3v) is 4.65. The van der Waals surface area contributed by atoms with Crippen LogP contribution in [0, 0.1) is 11.3 Å². The fraction of sp³-hybridized carbons (Fsp3) is 1.00. The van der Waals surface area contributed by atoms with E-state index in [1.54, 1.807) is 0 Å². The number of ether oxygens (including phenoxy) is 1. The summed E-state index contributed by atoms with van der Waals surface area (Å²) in [6.45, 7) is 7.93. The van der Waals surface area contributed by atoms with Gasteiger partial charge in [0, 0.05) is 12.6 Å². The molecule has 0 amide bonds. The van der Waals surface area contributed by atoms with Crippen molar-refractivity contribution < 1.29 is 9.84 Å². The molecule has 4 atom stereocenters. The van der Waals surface area contributed by atoms with Gasteiger partial charge in [-0.2, -0.15) is 0 Å². The van der Waals surface area contributed by atoms with Gasteiger partial charge < -0.3 is 15.2 Å². The van der Waals surface area contributed by atoms with E-state index in [-0.39, 0.29) is 6.10 Å². The highest BCUT2D eigenvalue weighted by atomic mass is 16.5. The van der Waals surface area contributed by atoms with Crippen molar-refractivity contribution in [3.8, 4) is 0 Å². The van der Waals surface area contributed by atoms with Crippen molar-refractivity contribution in [2.75, 3.05) is 13.2 Å². The van der Waals surface area contributed by atoms with Gasteiger partial charge >= 0.3 is 0 Å². The highest BCUT2D eigenvalue weighted by Crippen LogP contribution is 2.44. The first kappa shape index (κ1) is 14.3. The van der Waals surface area contributed by atoms with Gasteiger partial charge in [0.25, 0.3) is 0 Å². The van der Waals surface area contributed by atoms with Gasteiger partial charge in [-0.05, 0) is 30.6 Å². The molecule has 18 heavy (non-hydrogen) atoms. The Morgan fingerprint density at radius 2 is 2.00 bits per heavy atom. The lowest BCUT2D eigenvalue weighted by Crippen LogP contribution is -2.36. The lowest BCUT2D eigenvalue weighted by Gasteiger charge is -2.29. The Kier molecular flexibility index (Phi) is 4.68. The average molecular weight is 255 g/mol. The third kappa shape index (κ3) is 3.94. The Morgan fingerprint density at radius 1 is 1.33 bits per heavy atom. The van der Waals surface area contributed by atoms with Crippen molar-refractivity contribution in [3.05, 3.63) is 0 Å². The first-order valence-corrected chi connectivity index (χ1v) is 7.52. The van der Waals surface area contributed by atoms with Gasteiger partial charge in [0.1, 0.15) is 0 Å². The molecular formula is C15H29NO2. The van der Waals surface area contributed by atoms with Crippen LogP contribution in [-0.4, -0.2) is 36.5 Å². The van der Waals surface area contributed by atoms with Crippen LogP contribution in [0.2, 0.25) is 0 Å². The number of nitrogens with one attached hydrogen (secondary N) is 1. The first-order chi connectivity index (χ1) is 8.49. The molecule has 0 aromatic carbocycles. The van der Waals surface area contributed by atoms with E-state index in [2.05, 4.69) is 26.1 Å². The van der Waals surface area contributed by atoms with Crippen LogP contribution in [-0.2, 0) is 4.74 Å². The van der Waals surface area contributed by atoms with Crippen LogP contribution in [0.5, 0.6) is 0 Å². The summed E-state index contributed by atoms with van der Waals surface area (Å²) in [6.07, 6.45) is 6.27. The molecule has 0 aromatic rings. The summed E-state index contributed by atoms with van der Waals surface area (Å²) in [5.41, 5.74) is 0.429. The molecule has 0 bridgehead atoms. The summed E-state index contributed by atoms with van der Waals surface area (Å²) in [7, 11) is 0. The smallest absolute Gasteiger partial charge is 0.0897 e. The Hall–Kier alpha value is -0.120. The summed E-state index contributed by atoms with van der Waals surface area (Å²) in [5, 5.41) is 13.3. The van der Waals surface area contributed by atoms with E-state index in [1.165, 1.54) is 25.7 Å². The minimum Gasteiger partial charge on any atom is -0.389 e. The summed E-state index contributed by atoms with van der Waals surface area (Å²) in [4.78, 5) is 0. The highest BCUT2D eigenvalue weighted by molar-refractivity contribution is 5.01. The van der Waals surface area contributed by atoms with E-state index in [1.807, 2.05) is 0 Å². The number of aliphatic hydroxyl groups excluding tert-OH is 1. The van der Waals surface area contributed by atoms with Crippen molar-refractivity contribution in [2.24, 2.45) is 11.3 Å². The summed E-state index contributed by atoms with van der Waals surface area (Å²) in [5.74, 6) is 0.654. The van der Waals surface area contributed by atoms with Gasteiger partial charge in [-0.25, -0.2) is 0 Å². The number of hydrogen-bond donors (Lipinski definition) is 2. The van der Waals surface area contributed by atoms with Crippen LogP contribution in [0.15, 0.2) is 0 Å². The van der Waals surface area contributed by atoms with Crippen LogP contribution in [0.3, 0.4) is 0 Å². The zero-order valence-corrected chi connectivity index (χ0v) is 12.1. The maximum Gasteiger partial charge on any atom is 0.0897 e.